The lowest BCUT2D eigenvalue weighted by atomic mass is 9.76. The molecule has 0 spiro atoms. The Labute approximate surface area is 103 Å². The van der Waals surface area contributed by atoms with Crippen molar-refractivity contribution < 1.29 is 0 Å². The Kier molecular flexibility index (Phi) is 1.98. The molecule has 3 aliphatic rings. The van der Waals surface area contributed by atoms with Crippen molar-refractivity contribution in [2.24, 2.45) is 11.7 Å². The van der Waals surface area contributed by atoms with Crippen LogP contribution in [0.1, 0.15) is 29.9 Å². The molecule has 1 unspecified atom stereocenters. The molecule has 1 atom stereocenters. The van der Waals surface area contributed by atoms with Crippen LogP contribution in [-0.2, 0) is 6.42 Å². The van der Waals surface area contributed by atoms with Gasteiger partial charge in [0.05, 0.1) is 0 Å². The highest BCUT2D eigenvalue weighted by Crippen LogP contribution is 2.44. The Morgan fingerprint density at radius 3 is 2.71 bits per heavy atom. The first-order chi connectivity index (χ1) is 8.24. The van der Waals surface area contributed by atoms with Crippen molar-refractivity contribution >= 4 is 0 Å². The van der Waals surface area contributed by atoms with Crippen molar-refractivity contribution in [3.8, 4) is 0 Å². The van der Waals surface area contributed by atoms with E-state index in [1.165, 1.54) is 25.8 Å². The van der Waals surface area contributed by atoms with E-state index in [9.17, 15) is 0 Å². The molecule has 2 heteroatoms. The monoisotopic (exact) mass is 228 g/mol. The maximum atomic E-state index is 6.39. The first kappa shape index (κ1) is 10.1. The quantitative estimate of drug-likeness (QED) is 0.854. The van der Waals surface area contributed by atoms with Gasteiger partial charge in [0, 0.05) is 31.1 Å². The summed E-state index contributed by atoms with van der Waals surface area (Å²) in [6.45, 7) is 3.50. The fraction of sp³-hybridized carbons (Fsp3) is 0.600. The van der Waals surface area contributed by atoms with E-state index in [1.54, 1.807) is 11.1 Å². The first-order valence-corrected chi connectivity index (χ1v) is 6.84. The normalized spacial score (nSPS) is 30.3. The molecule has 2 aliphatic carbocycles. The Balaban J connectivity index is 1.36. The molecule has 2 nitrogen and oxygen atoms in total. The van der Waals surface area contributed by atoms with Gasteiger partial charge in [-0.3, -0.25) is 4.90 Å². The fourth-order valence-electron chi connectivity index (χ4n) is 3.67. The first-order valence-electron chi connectivity index (χ1n) is 6.84. The van der Waals surface area contributed by atoms with Crippen LogP contribution >= 0.6 is 0 Å². The van der Waals surface area contributed by atoms with E-state index in [0.717, 1.165) is 24.9 Å². The molecule has 1 heterocycles. The molecule has 0 aromatic heterocycles. The third-order valence-electron chi connectivity index (χ3n) is 4.87. The van der Waals surface area contributed by atoms with E-state index in [-0.39, 0.29) is 5.54 Å². The van der Waals surface area contributed by atoms with Gasteiger partial charge in [-0.25, -0.2) is 0 Å². The molecule has 1 saturated carbocycles. The van der Waals surface area contributed by atoms with Crippen molar-refractivity contribution in [1.82, 2.24) is 4.90 Å². The van der Waals surface area contributed by atoms with Crippen molar-refractivity contribution in [1.29, 1.82) is 0 Å². The highest BCUT2D eigenvalue weighted by atomic mass is 15.3. The molecule has 1 aromatic carbocycles. The summed E-state index contributed by atoms with van der Waals surface area (Å²) in [6.07, 6.45) is 4.01. The van der Waals surface area contributed by atoms with Crippen LogP contribution < -0.4 is 5.73 Å². The molecule has 1 saturated heterocycles. The molecular formula is C15H20N2. The Bertz CT molecular complexity index is 444. The fourth-order valence-corrected chi connectivity index (χ4v) is 3.67. The molecule has 1 aromatic rings. The minimum atomic E-state index is 0.184. The second-order valence-corrected chi connectivity index (χ2v) is 6.28. The van der Waals surface area contributed by atoms with Gasteiger partial charge in [0.25, 0.3) is 0 Å². The lowest BCUT2D eigenvalue weighted by Crippen LogP contribution is -2.69. The van der Waals surface area contributed by atoms with Gasteiger partial charge >= 0.3 is 0 Å². The summed E-state index contributed by atoms with van der Waals surface area (Å²) in [5.74, 6) is 1.61. The van der Waals surface area contributed by atoms with Gasteiger partial charge in [-0.2, -0.15) is 0 Å². The number of fused-ring (bicyclic) bond motifs is 1. The molecule has 1 aliphatic heterocycles. The minimum Gasteiger partial charge on any atom is -0.323 e. The van der Waals surface area contributed by atoms with Crippen LogP contribution in [0.15, 0.2) is 24.3 Å². The van der Waals surface area contributed by atoms with Crippen LogP contribution in [0, 0.1) is 5.92 Å². The maximum Gasteiger partial charge on any atom is 0.0440 e. The van der Waals surface area contributed by atoms with Crippen molar-refractivity contribution in [2.45, 2.75) is 30.7 Å². The average Bonchev–Trinajstić information content (AvgIpc) is 3.06. The Morgan fingerprint density at radius 2 is 2.00 bits per heavy atom. The molecule has 0 radical (unpaired) electrons. The lowest BCUT2D eigenvalue weighted by molar-refractivity contribution is 0.0471. The highest BCUT2D eigenvalue weighted by molar-refractivity contribution is 5.40. The molecule has 0 amide bonds. The van der Waals surface area contributed by atoms with Crippen LogP contribution in [0.4, 0.5) is 0 Å². The number of likely N-dealkylation sites (tertiary alicyclic amines) is 1. The molecule has 90 valence electrons. The van der Waals surface area contributed by atoms with Gasteiger partial charge in [0.15, 0.2) is 0 Å². The van der Waals surface area contributed by atoms with Crippen LogP contribution in [0.25, 0.3) is 0 Å². The summed E-state index contributed by atoms with van der Waals surface area (Å²) in [6, 6.07) is 8.87. The maximum absolute atomic E-state index is 6.39. The number of hydrogen-bond acceptors (Lipinski definition) is 2. The van der Waals surface area contributed by atoms with Gasteiger partial charge in [-0.1, -0.05) is 24.3 Å². The van der Waals surface area contributed by atoms with Crippen LogP contribution in [0.5, 0.6) is 0 Å². The summed E-state index contributed by atoms with van der Waals surface area (Å²) in [5.41, 5.74) is 9.70. The van der Waals surface area contributed by atoms with E-state index in [4.69, 9.17) is 5.73 Å². The zero-order valence-corrected chi connectivity index (χ0v) is 10.2. The summed E-state index contributed by atoms with van der Waals surface area (Å²) >= 11 is 0. The van der Waals surface area contributed by atoms with E-state index in [1.807, 2.05) is 0 Å². The van der Waals surface area contributed by atoms with E-state index >= 15 is 0 Å². The van der Waals surface area contributed by atoms with Gasteiger partial charge in [0.2, 0.25) is 0 Å². The van der Waals surface area contributed by atoms with Crippen molar-refractivity contribution in [3.05, 3.63) is 35.4 Å². The van der Waals surface area contributed by atoms with E-state index < -0.39 is 0 Å². The molecule has 0 bridgehead atoms. The van der Waals surface area contributed by atoms with E-state index in [2.05, 4.69) is 29.2 Å². The largest absolute Gasteiger partial charge is 0.323 e. The van der Waals surface area contributed by atoms with Gasteiger partial charge in [0.1, 0.15) is 0 Å². The third kappa shape index (κ3) is 1.54. The lowest BCUT2D eigenvalue weighted by Gasteiger charge is -2.50. The number of benzene rings is 1. The van der Waals surface area contributed by atoms with Gasteiger partial charge in [-0.05, 0) is 36.3 Å². The van der Waals surface area contributed by atoms with Crippen LogP contribution in [0.2, 0.25) is 0 Å². The third-order valence-corrected chi connectivity index (χ3v) is 4.87. The summed E-state index contributed by atoms with van der Waals surface area (Å²) in [5, 5.41) is 0. The summed E-state index contributed by atoms with van der Waals surface area (Å²) < 4.78 is 0. The van der Waals surface area contributed by atoms with Crippen molar-refractivity contribution in [2.75, 3.05) is 19.6 Å². The predicted molar refractivity (Wildman–Crippen MR) is 69.0 cm³/mol. The summed E-state index contributed by atoms with van der Waals surface area (Å²) in [4.78, 5) is 2.55. The number of nitrogens with two attached hydrogens (primary N) is 1. The molecule has 4 rings (SSSR count). The van der Waals surface area contributed by atoms with E-state index in [0.29, 0.717) is 0 Å². The number of rotatable bonds is 3. The van der Waals surface area contributed by atoms with Crippen molar-refractivity contribution in [3.63, 3.8) is 0 Å². The van der Waals surface area contributed by atoms with Gasteiger partial charge < -0.3 is 5.73 Å². The molecular weight excluding hydrogens is 208 g/mol. The molecule has 2 N–H and O–H groups in total. The van der Waals surface area contributed by atoms with Crippen LogP contribution in [0.3, 0.4) is 0 Å². The zero-order chi connectivity index (χ0) is 11.5. The van der Waals surface area contributed by atoms with Crippen LogP contribution in [-0.4, -0.2) is 30.1 Å². The minimum absolute atomic E-state index is 0.184. The standard InChI is InChI=1S/C15H20N2/c16-15(13-5-6-13)9-17(10-15)8-12-7-11-3-1-2-4-14(11)12/h1-4,12-13H,5-10,16H2. The average molecular weight is 228 g/mol. The highest BCUT2D eigenvalue weighted by Gasteiger charge is 2.50. The zero-order valence-electron chi connectivity index (χ0n) is 10.2. The van der Waals surface area contributed by atoms with Gasteiger partial charge in [-0.15, -0.1) is 0 Å². The Hall–Kier alpha value is -0.860. The number of hydrogen-bond donors (Lipinski definition) is 1. The topological polar surface area (TPSA) is 29.3 Å². The predicted octanol–water partition coefficient (Wildman–Crippen LogP) is 1.75. The second-order valence-electron chi connectivity index (χ2n) is 6.28. The smallest absolute Gasteiger partial charge is 0.0440 e. The number of nitrogens with zero attached hydrogens (tertiary/aromatic N) is 1. The second kappa shape index (κ2) is 3.33. The SMILES string of the molecule is NC1(C2CC2)CN(CC2Cc3ccccc32)C1. The Morgan fingerprint density at radius 1 is 1.24 bits per heavy atom. The molecule has 17 heavy (non-hydrogen) atoms. The molecule has 2 fully saturated rings. The summed E-state index contributed by atoms with van der Waals surface area (Å²) in [7, 11) is 0.